The molecule has 0 radical (unpaired) electrons. The van der Waals surface area contributed by atoms with Gasteiger partial charge in [-0.2, -0.15) is 0 Å². The van der Waals surface area contributed by atoms with Crippen molar-refractivity contribution >= 4 is 21.8 Å². The minimum atomic E-state index is -0.0379. The van der Waals surface area contributed by atoms with E-state index in [9.17, 15) is 4.79 Å². The van der Waals surface area contributed by atoms with Crippen LogP contribution in [0, 0.1) is 0 Å². The molecule has 1 atom stereocenters. The van der Waals surface area contributed by atoms with Crippen LogP contribution in [0.1, 0.15) is 33.2 Å². The molecule has 1 N–H and O–H groups in total. The lowest BCUT2D eigenvalue weighted by Gasteiger charge is -2.36. The molecule has 5 heteroatoms. The summed E-state index contributed by atoms with van der Waals surface area (Å²) in [6.07, 6.45) is 3.11. The van der Waals surface area contributed by atoms with Gasteiger partial charge in [0.25, 0.3) is 5.91 Å². The van der Waals surface area contributed by atoms with E-state index in [2.05, 4.69) is 80.4 Å². The van der Waals surface area contributed by atoms with Gasteiger partial charge in [-0.25, -0.2) is 0 Å². The van der Waals surface area contributed by atoms with Crippen molar-refractivity contribution in [3.63, 3.8) is 0 Å². The smallest absolute Gasteiger partial charge is 0.251 e. The molecule has 4 rings (SSSR count). The van der Waals surface area contributed by atoms with Gasteiger partial charge in [-0.05, 0) is 53.9 Å². The lowest BCUT2D eigenvalue weighted by molar-refractivity contribution is 0.0925. The predicted octanol–water partition coefficient (Wildman–Crippen LogP) is 4.32. The van der Waals surface area contributed by atoms with Gasteiger partial charge in [-0.3, -0.25) is 9.69 Å². The quantitative estimate of drug-likeness (QED) is 0.645. The molecule has 1 aliphatic rings. The van der Waals surface area contributed by atoms with Crippen LogP contribution < -0.4 is 5.32 Å². The molecular formula is C23H24BrN3O. The molecule has 1 amide bonds. The van der Waals surface area contributed by atoms with E-state index in [-0.39, 0.29) is 11.9 Å². The second-order valence-electron chi connectivity index (χ2n) is 7.27. The van der Waals surface area contributed by atoms with Crippen molar-refractivity contribution in [2.75, 3.05) is 13.1 Å². The average Bonchev–Trinajstić information content (AvgIpc) is 3.14. The van der Waals surface area contributed by atoms with Crippen molar-refractivity contribution in [1.29, 1.82) is 0 Å². The number of aryl methyl sites for hydroxylation is 1. The first-order valence-electron chi connectivity index (χ1n) is 9.57. The largest absolute Gasteiger partial charge is 0.353 e. The SMILES string of the molecule is Cn1cccc1C(CNC(=O)c1ccc(Br)cc1)N1CCc2ccccc2C1. The van der Waals surface area contributed by atoms with E-state index in [0.717, 1.165) is 24.0 Å². The maximum absolute atomic E-state index is 12.6. The Labute approximate surface area is 174 Å². The molecule has 0 aliphatic carbocycles. The summed E-state index contributed by atoms with van der Waals surface area (Å²) in [4.78, 5) is 15.1. The highest BCUT2D eigenvalue weighted by atomic mass is 79.9. The van der Waals surface area contributed by atoms with Crippen LogP contribution in [0.25, 0.3) is 0 Å². The van der Waals surface area contributed by atoms with Crippen LogP contribution in [0.4, 0.5) is 0 Å². The number of carbonyl (C=O) groups excluding carboxylic acids is 1. The Morgan fingerprint density at radius 2 is 1.82 bits per heavy atom. The topological polar surface area (TPSA) is 37.3 Å². The monoisotopic (exact) mass is 437 g/mol. The Bertz CT molecular complexity index is 964. The first kappa shape index (κ1) is 19.0. The minimum Gasteiger partial charge on any atom is -0.353 e. The van der Waals surface area contributed by atoms with Crippen LogP contribution in [0.2, 0.25) is 0 Å². The van der Waals surface area contributed by atoms with Gasteiger partial charge >= 0.3 is 0 Å². The zero-order valence-corrected chi connectivity index (χ0v) is 17.5. The molecule has 2 aromatic carbocycles. The van der Waals surface area contributed by atoms with Crippen molar-refractivity contribution in [3.05, 3.63) is 93.7 Å². The summed E-state index contributed by atoms with van der Waals surface area (Å²) in [5.74, 6) is -0.0379. The standard InChI is InChI=1S/C23H24BrN3O/c1-26-13-4-7-21(26)22(15-25-23(28)18-8-10-20(24)11-9-18)27-14-12-17-5-2-3-6-19(17)16-27/h2-11,13,22H,12,14-16H2,1H3,(H,25,28). The molecule has 0 saturated heterocycles. The van der Waals surface area contributed by atoms with Crippen LogP contribution in [0.3, 0.4) is 0 Å². The summed E-state index contributed by atoms with van der Waals surface area (Å²) in [7, 11) is 2.07. The highest BCUT2D eigenvalue weighted by Gasteiger charge is 2.26. The van der Waals surface area contributed by atoms with Crippen molar-refractivity contribution in [2.24, 2.45) is 7.05 Å². The fourth-order valence-electron chi connectivity index (χ4n) is 3.92. The van der Waals surface area contributed by atoms with E-state index in [0.29, 0.717) is 12.1 Å². The number of rotatable bonds is 5. The van der Waals surface area contributed by atoms with E-state index < -0.39 is 0 Å². The van der Waals surface area contributed by atoms with Gasteiger partial charge in [-0.1, -0.05) is 40.2 Å². The van der Waals surface area contributed by atoms with Crippen molar-refractivity contribution in [1.82, 2.24) is 14.8 Å². The Kier molecular flexibility index (Phi) is 5.64. The zero-order chi connectivity index (χ0) is 19.5. The number of carbonyl (C=O) groups is 1. The van der Waals surface area contributed by atoms with Crippen molar-refractivity contribution in [3.8, 4) is 0 Å². The summed E-state index contributed by atoms with van der Waals surface area (Å²) >= 11 is 3.42. The molecule has 144 valence electrons. The van der Waals surface area contributed by atoms with E-state index in [1.54, 1.807) is 0 Å². The summed E-state index contributed by atoms with van der Waals surface area (Å²) in [6, 6.07) is 20.5. The lowest BCUT2D eigenvalue weighted by atomic mass is 9.97. The normalized spacial score (nSPS) is 15.1. The maximum Gasteiger partial charge on any atom is 0.251 e. The fraction of sp³-hybridized carbons (Fsp3) is 0.261. The van der Waals surface area contributed by atoms with Gasteiger partial charge in [0.15, 0.2) is 0 Å². The second kappa shape index (κ2) is 8.33. The molecule has 0 fully saturated rings. The molecule has 1 aromatic heterocycles. The molecule has 2 heterocycles. The summed E-state index contributed by atoms with van der Waals surface area (Å²) < 4.78 is 3.12. The summed E-state index contributed by atoms with van der Waals surface area (Å²) in [6.45, 7) is 2.47. The Balaban J connectivity index is 1.53. The van der Waals surface area contributed by atoms with Crippen LogP contribution in [-0.2, 0) is 20.0 Å². The molecule has 4 nitrogen and oxygen atoms in total. The fourth-order valence-corrected chi connectivity index (χ4v) is 4.18. The number of fused-ring (bicyclic) bond motifs is 1. The van der Waals surface area contributed by atoms with E-state index in [4.69, 9.17) is 0 Å². The molecule has 3 aromatic rings. The zero-order valence-electron chi connectivity index (χ0n) is 15.9. The maximum atomic E-state index is 12.6. The van der Waals surface area contributed by atoms with Crippen molar-refractivity contribution < 1.29 is 4.79 Å². The van der Waals surface area contributed by atoms with Crippen LogP contribution in [0.5, 0.6) is 0 Å². The number of benzene rings is 2. The molecule has 1 aliphatic heterocycles. The van der Waals surface area contributed by atoms with Gasteiger partial charge in [0.05, 0.1) is 6.04 Å². The van der Waals surface area contributed by atoms with Crippen LogP contribution >= 0.6 is 15.9 Å². The second-order valence-corrected chi connectivity index (χ2v) is 8.18. The van der Waals surface area contributed by atoms with Crippen LogP contribution in [-0.4, -0.2) is 28.5 Å². The van der Waals surface area contributed by atoms with E-state index in [1.165, 1.54) is 16.8 Å². The van der Waals surface area contributed by atoms with Gasteiger partial charge in [0.1, 0.15) is 0 Å². The third-order valence-electron chi connectivity index (χ3n) is 5.49. The first-order valence-corrected chi connectivity index (χ1v) is 10.4. The Morgan fingerprint density at radius 3 is 2.54 bits per heavy atom. The number of hydrogen-bond acceptors (Lipinski definition) is 2. The highest BCUT2D eigenvalue weighted by molar-refractivity contribution is 9.10. The number of nitrogens with one attached hydrogen (secondary N) is 1. The third-order valence-corrected chi connectivity index (χ3v) is 6.02. The Hall–Kier alpha value is -2.37. The number of halogens is 1. The van der Waals surface area contributed by atoms with Crippen molar-refractivity contribution in [2.45, 2.75) is 19.0 Å². The van der Waals surface area contributed by atoms with E-state index >= 15 is 0 Å². The molecule has 0 spiro atoms. The lowest BCUT2D eigenvalue weighted by Crippen LogP contribution is -2.41. The molecule has 1 unspecified atom stereocenters. The highest BCUT2D eigenvalue weighted by Crippen LogP contribution is 2.27. The van der Waals surface area contributed by atoms with E-state index in [1.807, 2.05) is 24.3 Å². The average molecular weight is 438 g/mol. The van der Waals surface area contributed by atoms with Crippen LogP contribution in [0.15, 0.2) is 71.3 Å². The van der Waals surface area contributed by atoms with Gasteiger partial charge in [0, 0.05) is 48.6 Å². The van der Waals surface area contributed by atoms with Gasteiger partial charge in [-0.15, -0.1) is 0 Å². The number of nitrogens with zero attached hydrogens (tertiary/aromatic N) is 2. The summed E-state index contributed by atoms with van der Waals surface area (Å²) in [5.41, 5.74) is 4.71. The minimum absolute atomic E-state index is 0.0379. The molecule has 0 bridgehead atoms. The number of aromatic nitrogens is 1. The molecular weight excluding hydrogens is 414 g/mol. The van der Waals surface area contributed by atoms with Gasteiger partial charge in [0.2, 0.25) is 0 Å². The predicted molar refractivity (Wildman–Crippen MR) is 115 cm³/mol. The Morgan fingerprint density at radius 1 is 1.07 bits per heavy atom. The number of hydrogen-bond donors (Lipinski definition) is 1. The summed E-state index contributed by atoms with van der Waals surface area (Å²) in [5, 5.41) is 3.15. The van der Waals surface area contributed by atoms with Gasteiger partial charge < -0.3 is 9.88 Å². The molecule has 0 saturated carbocycles. The number of amides is 1. The third kappa shape index (κ3) is 4.05. The first-order chi connectivity index (χ1) is 13.6. The molecule has 28 heavy (non-hydrogen) atoms.